The SMILES string of the molecule is CCCN(CCC)C1Cc2c[nH]c3ccc(C(=O)c4ccccc4)c(c23)C1. The second kappa shape index (κ2) is 7.69. The number of nitrogens with zero attached hydrogens (tertiary/aromatic N) is 1. The lowest BCUT2D eigenvalue weighted by Crippen LogP contribution is -2.41. The second-order valence-electron chi connectivity index (χ2n) is 7.62. The molecular formula is C24H28N2O. The van der Waals surface area contributed by atoms with Crippen LogP contribution in [0.1, 0.15) is 53.7 Å². The summed E-state index contributed by atoms with van der Waals surface area (Å²) in [4.78, 5) is 19.3. The van der Waals surface area contributed by atoms with Gasteiger partial charge in [0, 0.05) is 34.3 Å². The highest BCUT2D eigenvalue weighted by atomic mass is 16.1. The molecule has 0 saturated heterocycles. The minimum Gasteiger partial charge on any atom is -0.361 e. The molecule has 0 bridgehead atoms. The molecule has 0 spiro atoms. The topological polar surface area (TPSA) is 36.1 Å². The lowest BCUT2D eigenvalue weighted by Gasteiger charge is -2.34. The average Bonchev–Trinajstić information content (AvgIpc) is 3.12. The Hall–Kier alpha value is -2.39. The van der Waals surface area contributed by atoms with Gasteiger partial charge >= 0.3 is 0 Å². The van der Waals surface area contributed by atoms with Crippen molar-refractivity contribution < 1.29 is 4.79 Å². The lowest BCUT2D eigenvalue weighted by molar-refractivity contribution is 0.103. The van der Waals surface area contributed by atoms with Crippen molar-refractivity contribution in [2.45, 2.75) is 45.6 Å². The van der Waals surface area contributed by atoms with E-state index >= 15 is 0 Å². The molecule has 3 heteroatoms. The third-order valence-electron chi connectivity index (χ3n) is 5.75. The molecule has 1 aliphatic carbocycles. The number of aromatic amines is 1. The van der Waals surface area contributed by atoms with Gasteiger partial charge in [0.1, 0.15) is 0 Å². The van der Waals surface area contributed by atoms with E-state index in [1.807, 2.05) is 36.4 Å². The summed E-state index contributed by atoms with van der Waals surface area (Å²) in [6.07, 6.45) is 6.49. The van der Waals surface area contributed by atoms with Gasteiger partial charge in [0.15, 0.2) is 5.78 Å². The molecule has 4 rings (SSSR count). The molecule has 2 aromatic carbocycles. The van der Waals surface area contributed by atoms with Gasteiger partial charge in [0.25, 0.3) is 0 Å². The Morgan fingerprint density at radius 2 is 1.78 bits per heavy atom. The number of benzene rings is 2. The Morgan fingerprint density at radius 3 is 2.48 bits per heavy atom. The first-order valence-electron chi connectivity index (χ1n) is 10.2. The molecule has 1 heterocycles. The van der Waals surface area contributed by atoms with Crippen molar-refractivity contribution in [3.63, 3.8) is 0 Å². The van der Waals surface area contributed by atoms with Crippen LogP contribution in [-0.4, -0.2) is 34.8 Å². The van der Waals surface area contributed by atoms with E-state index in [0.717, 1.165) is 55.4 Å². The third kappa shape index (κ3) is 3.32. The van der Waals surface area contributed by atoms with Crippen molar-refractivity contribution >= 4 is 16.7 Å². The van der Waals surface area contributed by atoms with Crippen LogP contribution in [0.25, 0.3) is 10.9 Å². The highest BCUT2D eigenvalue weighted by molar-refractivity contribution is 6.12. The molecule has 0 fully saturated rings. The Morgan fingerprint density at radius 1 is 1.04 bits per heavy atom. The summed E-state index contributed by atoms with van der Waals surface area (Å²) in [6.45, 7) is 6.74. The van der Waals surface area contributed by atoms with Crippen molar-refractivity contribution in [2.24, 2.45) is 0 Å². The number of nitrogens with one attached hydrogen (secondary N) is 1. The molecular weight excluding hydrogens is 332 g/mol. The molecule has 1 aliphatic rings. The quantitative estimate of drug-likeness (QED) is 0.603. The predicted molar refractivity (Wildman–Crippen MR) is 112 cm³/mol. The Labute approximate surface area is 161 Å². The van der Waals surface area contributed by atoms with Crippen LogP contribution in [0.5, 0.6) is 0 Å². The van der Waals surface area contributed by atoms with E-state index in [1.54, 1.807) is 0 Å². The van der Waals surface area contributed by atoms with Gasteiger partial charge in [-0.1, -0.05) is 44.2 Å². The maximum absolute atomic E-state index is 13.2. The smallest absolute Gasteiger partial charge is 0.193 e. The van der Waals surface area contributed by atoms with Crippen LogP contribution in [0, 0.1) is 0 Å². The Bertz CT molecular complexity index is 936. The first-order chi connectivity index (χ1) is 13.2. The minimum atomic E-state index is 0.137. The summed E-state index contributed by atoms with van der Waals surface area (Å²) < 4.78 is 0. The van der Waals surface area contributed by atoms with Crippen LogP contribution < -0.4 is 0 Å². The molecule has 140 valence electrons. The number of hydrogen-bond acceptors (Lipinski definition) is 2. The van der Waals surface area contributed by atoms with Crippen molar-refractivity contribution in [2.75, 3.05) is 13.1 Å². The van der Waals surface area contributed by atoms with Crippen LogP contribution in [-0.2, 0) is 12.8 Å². The molecule has 0 aliphatic heterocycles. The fourth-order valence-corrected chi connectivity index (χ4v) is 4.57. The summed E-state index contributed by atoms with van der Waals surface area (Å²) in [7, 11) is 0. The standard InChI is InChI=1S/C24H28N2O/c1-3-12-26(13-4-2)19-14-18-16-25-22-11-10-20(21(15-19)23(18)22)24(27)17-8-6-5-7-9-17/h5-11,16,19,25H,3-4,12-15H2,1-2H3. The number of aromatic nitrogens is 1. The minimum absolute atomic E-state index is 0.137. The fourth-order valence-electron chi connectivity index (χ4n) is 4.57. The van der Waals surface area contributed by atoms with E-state index in [2.05, 4.69) is 36.0 Å². The largest absolute Gasteiger partial charge is 0.361 e. The van der Waals surface area contributed by atoms with Crippen LogP contribution >= 0.6 is 0 Å². The van der Waals surface area contributed by atoms with E-state index in [0.29, 0.717) is 6.04 Å². The third-order valence-corrected chi connectivity index (χ3v) is 5.75. The lowest BCUT2D eigenvalue weighted by atomic mass is 9.83. The fraction of sp³-hybridized carbons (Fsp3) is 0.375. The van der Waals surface area contributed by atoms with Gasteiger partial charge in [-0.15, -0.1) is 0 Å². The molecule has 1 atom stereocenters. The van der Waals surface area contributed by atoms with Gasteiger partial charge in [-0.05, 0) is 62.0 Å². The predicted octanol–water partition coefficient (Wildman–Crippen LogP) is 4.99. The van der Waals surface area contributed by atoms with E-state index in [9.17, 15) is 4.79 Å². The molecule has 3 aromatic rings. The van der Waals surface area contributed by atoms with Gasteiger partial charge in [0.05, 0.1) is 0 Å². The molecule has 1 aromatic heterocycles. The Kier molecular flexibility index (Phi) is 5.13. The normalized spacial score (nSPS) is 16.2. The van der Waals surface area contributed by atoms with Crippen LogP contribution in [0.15, 0.2) is 48.7 Å². The van der Waals surface area contributed by atoms with Gasteiger partial charge in [0.2, 0.25) is 0 Å². The summed E-state index contributed by atoms with van der Waals surface area (Å²) in [5.74, 6) is 0.137. The van der Waals surface area contributed by atoms with Gasteiger partial charge in [-0.2, -0.15) is 0 Å². The molecule has 27 heavy (non-hydrogen) atoms. The zero-order valence-corrected chi connectivity index (χ0v) is 16.3. The van der Waals surface area contributed by atoms with Crippen LogP contribution in [0.4, 0.5) is 0 Å². The van der Waals surface area contributed by atoms with Gasteiger partial charge < -0.3 is 4.98 Å². The highest BCUT2D eigenvalue weighted by Crippen LogP contribution is 2.34. The van der Waals surface area contributed by atoms with E-state index < -0.39 is 0 Å². The monoisotopic (exact) mass is 360 g/mol. The zero-order chi connectivity index (χ0) is 18.8. The number of ketones is 1. The molecule has 0 radical (unpaired) electrons. The first kappa shape index (κ1) is 18.0. The number of carbonyl (C=O) groups is 1. The van der Waals surface area contributed by atoms with Crippen LogP contribution in [0.3, 0.4) is 0 Å². The van der Waals surface area contributed by atoms with E-state index in [4.69, 9.17) is 0 Å². The van der Waals surface area contributed by atoms with Crippen molar-refractivity contribution in [1.82, 2.24) is 9.88 Å². The summed E-state index contributed by atoms with van der Waals surface area (Å²) in [6, 6.07) is 14.2. The number of rotatable bonds is 7. The van der Waals surface area contributed by atoms with E-state index in [-0.39, 0.29) is 5.78 Å². The molecule has 1 unspecified atom stereocenters. The Balaban J connectivity index is 1.77. The molecule has 3 nitrogen and oxygen atoms in total. The van der Waals surface area contributed by atoms with E-state index in [1.165, 1.54) is 16.5 Å². The zero-order valence-electron chi connectivity index (χ0n) is 16.3. The highest BCUT2D eigenvalue weighted by Gasteiger charge is 2.29. The average molecular weight is 361 g/mol. The molecule has 0 amide bonds. The van der Waals surface area contributed by atoms with Crippen molar-refractivity contribution in [3.05, 3.63) is 70.9 Å². The first-order valence-corrected chi connectivity index (χ1v) is 10.2. The number of H-pyrrole nitrogens is 1. The second-order valence-corrected chi connectivity index (χ2v) is 7.62. The van der Waals surface area contributed by atoms with Crippen LogP contribution in [0.2, 0.25) is 0 Å². The number of carbonyl (C=O) groups excluding carboxylic acids is 1. The maximum atomic E-state index is 13.2. The van der Waals surface area contributed by atoms with Gasteiger partial charge in [-0.25, -0.2) is 0 Å². The maximum Gasteiger partial charge on any atom is 0.193 e. The van der Waals surface area contributed by atoms with Crippen molar-refractivity contribution in [3.8, 4) is 0 Å². The number of hydrogen-bond donors (Lipinski definition) is 1. The van der Waals surface area contributed by atoms with Gasteiger partial charge in [-0.3, -0.25) is 9.69 Å². The molecule has 1 N–H and O–H groups in total. The summed E-state index contributed by atoms with van der Waals surface area (Å²) >= 11 is 0. The molecule has 0 saturated carbocycles. The summed E-state index contributed by atoms with van der Waals surface area (Å²) in [5, 5.41) is 1.28. The summed E-state index contributed by atoms with van der Waals surface area (Å²) in [5.41, 5.74) is 5.38. The van der Waals surface area contributed by atoms with Crippen molar-refractivity contribution in [1.29, 1.82) is 0 Å².